The van der Waals surface area contributed by atoms with Crippen LogP contribution in [0, 0.1) is 23.7 Å². The van der Waals surface area contributed by atoms with Crippen molar-refractivity contribution in [3.8, 4) is 0 Å². The number of carbonyl (C=O) groups excluding carboxylic acids is 2. The van der Waals surface area contributed by atoms with E-state index in [0.29, 0.717) is 43.4 Å². The van der Waals surface area contributed by atoms with Crippen LogP contribution in [0.1, 0.15) is 85.0 Å². The summed E-state index contributed by atoms with van der Waals surface area (Å²) in [5.74, 6) is 0.536. The highest BCUT2D eigenvalue weighted by Gasteiger charge is 2.41. The Bertz CT molecular complexity index is 660. The van der Waals surface area contributed by atoms with Crippen molar-refractivity contribution in [2.75, 3.05) is 20.3 Å². The Labute approximate surface area is 216 Å². The van der Waals surface area contributed by atoms with E-state index in [1.54, 1.807) is 7.11 Å². The number of nitrogens with one attached hydrogen (secondary N) is 1. The highest BCUT2D eigenvalue weighted by Crippen LogP contribution is 2.42. The van der Waals surface area contributed by atoms with Gasteiger partial charge in [-0.2, -0.15) is 0 Å². The third-order valence-corrected chi connectivity index (χ3v) is 8.25. The second-order valence-electron chi connectivity index (χ2n) is 10.9. The lowest BCUT2D eigenvalue weighted by Gasteiger charge is -2.45. The Kier molecular flexibility index (Phi) is 13.6. The minimum absolute atomic E-state index is 0.0224. The molecule has 9 nitrogen and oxygen atoms in total. The molecule has 210 valence electrons. The van der Waals surface area contributed by atoms with E-state index in [-0.39, 0.29) is 48.9 Å². The van der Waals surface area contributed by atoms with Gasteiger partial charge in [-0.15, -0.1) is 0 Å². The number of carbonyl (C=O) groups is 2. The van der Waals surface area contributed by atoms with Crippen molar-refractivity contribution >= 4 is 11.9 Å². The smallest absolute Gasteiger partial charge is 0.302 e. The second kappa shape index (κ2) is 15.9. The maximum atomic E-state index is 11.9. The van der Waals surface area contributed by atoms with Crippen LogP contribution in [0.25, 0.3) is 0 Å². The summed E-state index contributed by atoms with van der Waals surface area (Å²) in [6, 6.07) is 0. The Morgan fingerprint density at radius 3 is 2.28 bits per heavy atom. The van der Waals surface area contributed by atoms with Crippen LogP contribution in [-0.4, -0.2) is 73.0 Å². The first-order valence-corrected chi connectivity index (χ1v) is 13.8. The van der Waals surface area contributed by atoms with Crippen molar-refractivity contribution in [3.05, 3.63) is 0 Å². The first-order chi connectivity index (χ1) is 17.2. The molecule has 2 aliphatic rings. The van der Waals surface area contributed by atoms with Crippen LogP contribution in [0.5, 0.6) is 0 Å². The first kappa shape index (κ1) is 31.0. The molecule has 0 amide bonds. The molecule has 0 bridgehead atoms. The van der Waals surface area contributed by atoms with E-state index >= 15 is 0 Å². The van der Waals surface area contributed by atoms with Crippen molar-refractivity contribution in [1.82, 2.24) is 5.32 Å². The second-order valence-corrected chi connectivity index (χ2v) is 10.9. The third-order valence-electron chi connectivity index (χ3n) is 8.25. The van der Waals surface area contributed by atoms with Crippen molar-refractivity contribution < 1.29 is 34.0 Å². The van der Waals surface area contributed by atoms with Gasteiger partial charge in [0.2, 0.25) is 0 Å². The van der Waals surface area contributed by atoms with E-state index in [1.165, 1.54) is 13.8 Å². The summed E-state index contributed by atoms with van der Waals surface area (Å²) in [5, 5.41) is 23.5. The molecule has 9 atom stereocenters. The molecule has 1 aliphatic carbocycles. The molecule has 9 heteroatoms. The van der Waals surface area contributed by atoms with E-state index in [9.17, 15) is 19.8 Å². The van der Waals surface area contributed by atoms with Crippen LogP contribution >= 0.6 is 0 Å². The third kappa shape index (κ3) is 10.2. The molecule has 0 aromatic carbocycles. The number of piperidine rings is 1. The van der Waals surface area contributed by atoms with E-state index < -0.39 is 6.10 Å². The number of nitrogens with two attached hydrogens (primary N) is 1. The average Bonchev–Trinajstić information content (AvgIpc) is 2.82. The molecule has 1 heterocycles. The molecule has 1 saturated carbocycles. The normalized spacial score (nSPS) is 31.3. The zero-order chi connectivity index (χ0) is 26.7. The molecule has 0 spiro atoms. The van der Waals surface area contributed by atoms with Gasteiger partial charge in [-0.1, -0.05) is 13.3 Å². The van der Waals surface area contributed by atoms with Crippen LogP contribution in [0.3, 0.4) is 0 Å². The summed E-state index contributed by atoms with van der Waals surface area (Å²) in [7, 11) is 1.65. The lowest BCUT2D eigenvalue weighted by molar-refractivity contribution is -0.153. The molecule has 9 unspecified atom stereocenters. The molecular formula is C27H50N2O7. The zero-order valence-electron chi connectivity index (χ0n) is 22.7. The van der Waals surface area contributed by atoms with Crippen molar-refractivity contribution in [2.45, 2.75) is 116 Å². The first-order valence-electron chi connectivity index (χ1n) is 13.8. The summed E-state index contributed by atoms with van der Waals surface area (Å²) in [4.78, 5) is 23.7. The number of aliphatic hydroxyl groups excluding tert-OH is 2. The molecule has 0 aromatic heterocycles. The summed E-state index contributed by atoms with van der Waals surface area (Å²) in [5.41, 5.74) is 6.19. The van der Waals surface area contributed by atoms with Gasteiger partial charge in [-0.25, -0.2) is 0 Å². The van der Waals surface area contributed by atoms with Crippen LogP contribution in [0.4, 0.5) is 0 Å². The van der Waals surface area contributed by atoms with Gasteiger partial charge in [0.25, 0.3) is 0 Å². The Hall–Kier alpha value is -1.26. The predicted molar refractivity (Wildman–Crippen MR) is 137 cm³/mol. The number of methoxy groups -OCH3 is 1. The Balaban J connectivity index is 2.09. The van der Waals surface area contributed by atoms with Crippen LogP contribution in [0.2, 0.25) is 0 Å². The maximum Gasteiger partial charge on any atom is 0.302 e. The minimum atomic E-state index is -0.488. The lowest BCUT2D eigenvalue weighted by atomic mass is 9.66. The van der Waals surface area contributed by atoms with Gasteiger partial charge in [0.15, 0.2) is 0 Å². The van der Waals surface area contributed by atoms with Gasteiger partial charge in [0.05, 0.1) is 18.4 Å². The number of rotatable bonds is 14. The average molecular weight is 515 g/mol. The van der Waals surface area contributed by atoms with E-state index in [0.717, 1.165) is 45.1 Å². The quantitative estimate of drug-likeness (QED) is 0.257. The van der Waals surface area contributed by atoms with Gasteiger partial charge in [-0.3, -0.25) is 9.59 Å². The fourth-order valence-corrected chi connectivity index (χ4v) is 6.24. The zero-order valence-corrected chi connectivity index (χ0v) is 22.7. The highest BCUT2D eigenvalue weighted by atomic mass is 16.6. The fourth-order valence-electron chi connectivity index (χ4n) is 6.24. The van der Waals surface area contributed by atoms with Gasteiger partial charge >= 0.3 is 11.9 Å². The number of hydrogen-bond acceptors (Lipinski definition) is 9. The topological polar surface area (TPSA) is 140 Å². The summed E-state index contributed by atoms with van der Waals surface area (Å²) < 4.78 is 16.9. The van der Waals surface area contributed by atoms with E-state index in [2.05, 4.69) is 5.32 Å². The maximum absolute atomic E-state index is 11.9. The van der Waals surface area contributed by atoms with Crippen molar-refractivity contribution in [3.63, 3.8) is 0 Å². The highest BCUT2D eigenvalue weighted by molar-refractivity contribution is 5.66. The SMILES string of the molecule is CCC(CO)CCC(CC(CCC1CC(OC)C(O)CC1C1CCNC(N)C1)OC(C)=O)OC(C)=O. The summed E-state index contributed by atoms with van der Waals surface area (Å²) >= 11 is 0. The van der Waals surface area contributed by atoms with Crippen LogP contribution in [-0.2, 0) is 23.8 Å². The molecule has 2 rings (SSSR count). The minimum Gasteiger partial charge on any atom is -0.462 e. The van der Waals surface area contributed by atoms with E-state index in [1.807, 2.05) is 6.92 Å². The van der Waals surface area contributed by atoms with Gasteiger partial charge in [-0.05, 0) is 81.6 Å². The Morgan fingerprint density at radius 1 is 1.06 bits per heavy atom. The molecular weight excluding hydrogens is 464 g/mol. The number of hydrogen-bond donors (Lipinski definition) is 4. The van der Waals surface area contributed by atoms with Crippen molar-refractivity contribution in [1.29, 1.82) is 0 Å². The van der Waals surface area contributed by atoms with E-state index in [4.69, 9.17) is 19.9 Å². The lowest BCUT2D eigenvalue weighted by Crippen LogP contribution is -2.49. The standard InChI is InChI=1S/C27H50N2O7/c1-5-19(16-30)6-8-22(35-17(2)31)14-23(36-18(3)32)9-7-20-12-26(34-4)25(33)15-24(20)21-10-11-29-27(28)13-21/h19-27,29-30,33H,5-16,28H2,1-4H3. The number of esters is 2. The number of ether oxygens (including phenoxy) is 3. The molecule has 36 heavy (non-hydrogen) atoms. The molecule has 0 radical (unpaired) electrons. The van der Waals surface area contributed by atoms with Gasteiger partial charge in [0.1, 0.15) is 12.2 Å². The van der Waals surface area contributed by atoms with Crippen LogP contribution < -0.4 is 11.1 Å². The number of aliphatic hydroxyl groups is 2. The molecule has 5 N–H and O–H groups in total. The predicted octanol–water partition coefficient (Wildman–Crippen LogP) is 2.51. The summed E-state index contributed by atoms with van der Waals surface area (Å²) in [6.45, 7) is 5.81. The van der Waals surface area contributed by atoms with Gasteiger partial charge in [0, 0.05) is 34.0 Å². The monoisotopic (exact) mass is 514 g/mol. The fraction of sp³-hybridized carbons (Fsp3) is 0.926. The summed E-state index contributed by atoms with van der Waals surface area (Å²) in [6.07, 6.45) is 6.05. The molecule has 0 aromatic rings. The van der Waals surface area contributed by atoms with Crippen LogP contribution in [0.15, 0.2) is 0 Å². The molecule has 1 aliphatic heterocycles. The molecule has 2 fully saturated rings. The van der Waals surface area contributed by atoms with Gasteiger partial charge < -0.3 is 35.5 Å². The van der Waals surface area contributed by atoms with Crippen molar-refractivity contribution in [2.24, 2.45) is 29.4 Å². The Morgan fingerprint density at radius 2 is 1.72 bits per heavy atom. The molecule has 1 saturated heterocycles. The largest absolute Gasteiger partial charge is 0.462 e.